The van der Waals surface area contributed by atoms with Crippen molar-refractivity contribution in [1.29, 1.82) is 0 Å². The molecule has 1 fully saturated rings. The zero-order valence-electron chi connectivity index (χ0n) is 9.44. The minimum absolute atomic E-state index is 0.406. The second kappa shape index (κ2) is 6.22. The lowest BCUT2D eigenvalue weighted by Gasteiger charge is -2.21. The molecule has 0 saturated carbocycles. The van der Waals surface area contributed by atoms with Gasteiger partial charge in [-0.3, -0.25) is 0 Å². The molecule has 0 spiro atoms. The van der Waals surface area contributed by atoms with E-state index in [9.17, 15) is 0 Å². The number of rotatable bonds is 5. The number of nitrogens with zero attached hydrogens (tertiary/aromatic N) is 2. The molecule has 2 heterocycles. The Morgan fingerprint density at radius 2 is 2.56 bits per heavy atom. The Kier molecular flexibility index (Phi) is 4.62. The molecule has 2 rings (SSSR count). The first-order chi connectivity index (χ1) is 7.88. The predicted molar refractivity (Wildman–Crippen MR) is 62.2 cm³/mol. The quantitative estimate of drug-likeness (QED) is 0.838. The molecule has 1 aliphatic heterocycles. The van der Waals surface area contributed by atoms with Crippen LogP contribution < -0.4 is 5.32 Å². The van der Waals surface area contributed by atoms with Crippen LogP contribution in [0.2, 0.25) is 0 Å². The third-order valence-electron chi connectivity index (χ3n) is 2.49. The van der Waals surface area contributed by atoms with Crippen molar-refractivity contribution in [3.63, 3.8) is 0 Å². The van der Waals surface area contributed by atoms with Gasteiger partial charge >= 0.3 is 0 Å². The summed E-state index contributed by atoms with van der Waals surface area (Å²) in [5.74, 6) is 3.72. The van der Waals surface area contributed by atoms with Crippen molar-refractivity contribution in [2.24, 2.45) is 0 Å². The topological polar surface area (TPSA) is 60.2 Å². The maximum absolute atomic E-state index is 5.10. The Balaban J connectivity index is 1.75. The van der Waals surface area contributed by atoms with Crippen LogP contribution in [-0.4, -0.2) is 34.8 Å². The molecule has 1 saturated heterocycles. The van der Waals surface area contributed by atoms with Crippen LogP contribution >= 0.6 is 11.8 Å². The smallest absolute Gasteiger partial charge is 0.240 e. The largest absolute Gasteiger partial charge is 0.377 e. The van der Waals surface area contributed by atoms with E-state index in [2.05, 4.69) is 15.5 Å². The summed E-state index contributed by atoms with van der Waals surface area (Å²) in [7, 11) is 1.62. The third-order valence-corrected chi connectivity index (χ3v) is 3.70. The highest BCUT2D eigenvalue weighted by molar-refractivity contribution is 7.99. The van der Waals surface area contributed by atoms with Gasteiger partial charge in [0.25, 0.3) is 0 Å². The molecule has 0 aliphatic carbocycles. The van der Waals surface area contributed by atoms with Crippen LogP contribution in [0.4, 0.5) is 0 Å². The van der Waals surface area contributed by atoms with Crippen molar-refractivity contribution >= 4 is 11.8 Å². The third kappa shape index (κ3) is 3.47. The SMILES string of the molecule is COCc1noc(CN[C@H]2CCCSC2)n1. The maximum Gasteiger partial charge on any atom is 0.240 e. The first-order valence-corrected chi connectivity index (χ1v) is 6.65. The van der Waals surface area contributed by atoms with Crippen LogP contribution in [0.1, 0.15) is 24.6 Å². The van der Waals surface area contributed by atoms with E-state index in [0.717, 1.165) is 0 Å². The number of aromatic nitrogens is 2. The van der Waals surface area contributed by atoms with E-state index >= 15 is 0 Å². The monoisotopic (exact) mass is 243 g/mol. The number of hydrogen-bond acceptors (Lipinski definition) is 6. The van der Waals surface area contributed by atoms with Crippen molar-refractivity contribution in [2.45, 2.75) is 32.0 Å². The molecule has 16 heavy (non-hydrogen) atoms. The van der Waals surface area contributed by atoms with E-state index in [1.54, 1.807) is 7.11 Å². The van der Waals surface area contributed by atoms with Crippen molar-refractivity contribution in [3.05, 3.63) is 11.7 Å². The molecule has 0 aromatic carbocycles. The van der Waals surface area contributed by atoms with E-state index < -0.39 is 0 Å². The minimum atomic E-state index is 0.406. The van der Waals surface area contributed by atoms with Gasteiger partial charge in [-0.2, -0.15) is 16.7 Å². The normalized spacial score (nSPS) is 21.2. The standard InChI is InChI=1S/C10H17N3O2S/c1-14-6-9-12-10(15-13-9)5-11-8-3-2-4-16-7-8/h8,11H,2-7H2,1H3/t8-/m0/s1. The molecule has 5 nitrogen and oxygen atoms in total. The first-order valence-electron chi connectivity index (χ1n) is 5.50. The average Bonchev–Trinajstić information content (AvgIpc) is 2.76. The predicted octanol–water partition coefficient (Wildman–Crippen LogP) is 1.20. The lowest BCUT2D eigenvalue weighted by Crippen LogP contribution is -2.33. The molecule has 0 bridgehead atoms. The van der Waals surface area contributed by atoms with E-state index in [0.29, 0.717) is 30.9 Å². The van der Waals surface area contributed by atoms with E-state index in [1.807, 2.05) is 11.8 Å². The van der Waals surface area contributed by atoms with Crippen molar-refractivity contribution in [3.8, 4) is 0 Å². The van der Waals surface area contributed by atoms with Crippen LogP contribution in [0, 0.1) is 0 Å². The summed E-state index contributed by atoms with van der Waals surface area (Å²) < 4.78 is 10.0. The molecule has 1 N–H and O–H groups in total. The van der Waals surface area contributed by atoms with Crippen LogP contribution in [0.15, 0.2) is 4.52 Å². The fourth-order valence-corrected chi connectivity index (χ4v) is 2.79. The second-order valence-electron chi connectivity index (χ2n) is 3.83. The van der Waals surface area contributed by atoms with Crippen LogP contribution in [0.3, 0.4) is 0 Å². The molecule has 0 radical (unpaired) electrons. The Bertz CT molecular complexity index is 313. The summed E-state index contributed by atoms with van der Waals surface area (Å²) in [6, 6.07) is 0.580. The molecule has 90 valence electrons. The number of hydrogen-bond donors (Lipinski definition) is 1. The van der Waals surface area contributed by atoms with Gasteiger partial charge < -0.3 is 14.6 Å². The average molecular weight is 243 g/mol. The maximum atomic E-state index is 5.10. The number of thioether (sulfide) groups is 1. The lowest BCUT2D eigenvalue weighted by molar-refractivity contribution is 0.174. The zero-order valence-corrected chi connectivity index (χ0v) is 10.3. The Labute approximate surface area is 99.3 Å². The molecule has 0 amide bonds. The fraction of sp³-hybridized carbons (Fsp3) is 0.800. The van der Waals surface area contributed by atoms with Crippen molar-refractivity contribution in [2.75, 3.05) is 18.6 Å². The van der Waals surface area contributed by atoms with E-state index in [1.165, 1.54) is 24.3 Å². The van der Waals surface area contributed by atoms with E-state index in [-0.39, 0.29) is 0 Å². The van der Waals surface area contributed by atoms with E-state index in [4.69, 9.17) is 9.26 Å². The summed E-state index contributed by atoms with van der Waals surface area (Å²) in [5.41, 5.74) is 0. The molecule has 1 aromatic heterocycles. The van der Waals surface area contributed by atoms with Crippen LogP contribution in [0.25, 0.3) is 0 Å². The summed E-state index contributed by atoms with van der Waals surface area (Å²) >= 11 is 2.00. The van der Waals surface area contributed by atoms with Gasteiger partial charge in [0.05, 0.1) is 6.54 Å². The Morgan fingerprint density at radius 1 is 1.62 bits per heavy atom. The van der Waals surface area contributed by atoms with Gasteiger partial charge in [-0.25, -0.2) is 0 Å². The Morgan fingerprint density at radius 3 is 3.31 bits per heavy atom. The zero-order chi connectivity index (χ0) is 11.2. The molecule has 1 atom stereocenters. The highest BCUT2D eigenvalue weighted by Crippen LogP contribution is 2.17. The van der Waals surface area contributed by atoms with Crippen LogP contribution in [0.5, 0.6) is 0 Å². The van der Waals surface area contributed by atoms with Crippen molar-refractivity contribution in [1.82, 2.24) is 15.5 Å². The first kappa shape index (κ1) is 11.9. The summed E-state index contributed by atoms with van der Waals surface area (Å²) in [4.78, 5) is 4.21. The van der Waals surface area contributed by atoms with Gasteiger partial charge in [0, 0.05) is 18.9 Å². The molecular weight excluding hydrogens is 226 g/mol. The number of ether oxygens (including phenoxy) is 1. The molecular formula is C10H17N3O2S. The summed E-state index contributed by atoms with van der Waals surface area (Å²) in [6.07, 6.45) is 2.53. The van der Waals surface area contributed by atoms with Gasteiger partial charge in [0.15, 0.2) is 5.82 Å². The molecule has 6 heteroatoms. The molecule has 1 aliphatic rings. The van der Waals surface area contributed by atoms with Gasteiger partial charge in [-0.15, -0.1) is 0 Å². The van der Waals surface area contributed by atoms with Gasteiger partial charge in [-0.05, 0) is 18.6 Å². The fourth-order valence-electron chi connectivity index (χ4n) is 1.68. The van der Waals surface area contributed by atoms with Crippen LogP contribution in [-0.2, 0) is 17.9 Å². The minimum Gasteiger partial charge on any atom is -0.377 e. The second-order valence-corrected chi connectivity index (χ2v) is 4.98. The number of nitrogens with one attached hydrogen (secondary N) is 1. The molecule has 1 aromatic rings. The summed E-state index contributed by atoms with van der Waals surface area (Å²) in [6.45, 7) is 1.06. The highest BCUT2D eigenvalue weighted by atomic mass is 32.2. The van der Waals surface area contributed by atoms with Gasteiger partial charge in [0.1, 0.15) is 6.61 Å². The highest BCUT2D eigenvalue weighted by Gasteiger charge is 2.14. The number of methoxy groups -OCH3 is 1. The summed E-state index contributed by atoms with van der Waals surface area (Å²) in [5, 5.41) is 7.25. The lowest BCUT2D eigenvalue weighted by atomic mass is 10.2. The van der Waals surface area contributed by atoms with Gasteiger partial charge in [-0.1, -0.05) is 5.16 Å². The van der Waals surface area contributed by atoms with Gasteiger partial charge in [0.2, 0.25) is 5.89 Å². The van der Waals surface area contributed by atoms with Crippen molar-refractivity contribution < 1.29 is 9.26 Å². The molecule has 0 unspecified atom stereocenters. The Hall–Kier alpha value is -0.590.